The zero-order valence-electron chi connectivity index (χ0n) is 17.9. The van der Waals surface area contributed by atoms with E-state index in [-0.39, 0.29) is 22.2 Å². The number of likely N-dealkylation sites (tertiary alicyclic amines) is 1. The number of hydrogen-bond donors (Lipinski definition) is 1. The number of nitro groups is 1. The zero-order valence-corrected chi connectivity index (χ0v) is 19.5. The van der Waals surface area contributed by atoms with Crippen LogP contribution >= 0.6 is 15.9 Å². The largest absolute Gasteiger partial charge is 0.378 e. The lowest BCUT2D eigenvalue weighted by molar-refractivity contribution is -0.384. The molecule has 1 heterocycles. The van der Waals surface area contributed by atoms with Crippen LogP contribution in [0, 0.1) is 17.0 Å². The summed E-state index contributed by atoms with van der Waals surface area (Å²) in [5.74, 6) is 0. The van der Waals surface area contributed by atoms with E-state index in [0.717, 1.165) is 61.8 Å². The van der Waals surface area contributed by atoms with Crippen molar-refractivity contribution in [3.63, 3.8) is 0 Å². The average Bonchev–Trinajstić information content (AvgIpc) is 2.70. The molecule has 1 aromatic carbocycles. The van der Waals surface area contributed by atoms with Gasteiger partial charge in [0.15, 0.2) is 0 Å². The maximum Gasteiger partial charge on any atom is 0.292 e. The van der Waals surface area contributed by atoms with Crippen molar-refractivity contribution in [2.24, 2.45) is 0 Å². The summed E-state index contributed by atoms with van der Waals surface area (Å²) < 4.78 is 6.86. The molecule has 1 N–H and O–H groups in total. The van der Waals surface area contributed by atoms with Crippen LogP contribution in [0.4, 0.5) is 11.4 Å². The molecule has 1 saturated heterocycles. The minimum absolute atomic E-state index is 0.158. The molecule has 6 nitrogen and oxygen atoms in total. The van der Waals surface area contributed by atoms with Gasteiger partial charge in [-0.3, -0.25) is 15.0 Å². The van der Waals surface area contributed by atoms with Crippen molar-refractivity contribution in [2.75, 3.05) is 25.0 Å². The predicted molar refractivity (Wildman–Crippen MR) is 121 cm³/mol. The standard InChI is InChI=1S/C22H34BrN3O3/c1-4-13-29-18-5-9-22(3,10-6-18)25-11-7-17(8-12-25)24-20-15-19(23)16(2)14-21(20)26(27)28/h14-15,17-18,24H,4-13H2,1-3H3. The highest BCUT2D eigenvalue weighted by Crippen LogP contribution is 2.37. The number of anilines is 1. The average molecular weight is 468 g/mol. The number of rotatable bonds is 7. The summed E-state index contributed by atoms with van der Waals surface area (Å²) in [6.07, 6.45) is 8.22. The first-order chi connectivity index (χ1) is 13.8. The summed E-state index contributed by atoms with van der Waals surface area (Å²) in [5, 5.41) is 14.9. The van der Waals surface area contributed by atoms with Gasteiger partial charge in [0.25, 0.3) is 5.69 Å². The third-order valence-corrected chi connectivity index (χ3v) is 7.51. The normalized spacial score (nSPS) is 26.4. The molecule has 0 aromatic heterocycles. The SMILES string of the molecule is CCCOC1CCC(C)(N2CCC(Nc3cc(Br)c(C)cc3[N+](=O)[O-])CC2)CC1. The summed E-state index contributed by atoms with van der Waals surface area (Å²) in [7, 11) is 0. The number of halogens is 1. The van der Waals surface area contributed by atoms with Gasteiger partial charge in [0.1, 0.15) is 5.69 Å². The van der Waals surface area contributed by atoms with Gasteiger partial charge in [0.05, 0.1) is 11.0 Å². The van der Waals surface area contributed by atoms with Crippen LogP contribution in [-0.4, -0.2) is 47.2 Å². The molecule has 7 heteroatoms. The Morgan fingerprint density at radius 3 is 2.52 bits per heavy atom. The van der Waals surface area contributed by atoms with Gasteiger partial charge >= 0.3 is 0 Å². The van der Waals surface area contributed by atoms with Crippen LogP contribution < -0.4 is 5.32 Å². The van der Waals surface area contributed by atoms with Gasteiger partial charge in [-0.1, -0.05) is 22.9 Å². The molecule has 0 radical (unpaired) electrons. The van der Waals surface area contributed by atoms with Crippen LogP contribution in [-0.2, 0) is 4.74 Å². The molecule has 29 heavy (non-hydrogen) atoms. The molecular weight excluding hydrogens is 434 g/mol. The Bertz CT molecular complexity index is 711. The van der Waals surface area contributed by atoms with E-state index in [1.807, 2.05) is 13.0 Å². The maximum atomic E-state index is 11.5. The highest BCUT2D eigenvalue weighted by Gasteiger charge is 2.38. The minimum Gasteiger partial charge on any atom is -0.378 e. The Labute approximate surface area is 182 Å². The molecule has 1 aliphatic heterocycles. The molecule has 2 aliphatic rings. The van der Waals surface area contributed by atoms with Crippen molar-refractivity contribution in [3.05, 3.63) is 32.3 Å². The summed E-state index contributed by atoms with van der Waals surface area (Å²) in [4.78, 5) is 13.8. The molecule has 0 unspecified atom stereocenters. The second-order valence-corrected chi connectivity index (χ2v) is 9.70. The molecule has 2 fully saturated rings. The van der Waals surface area contributed by atoms with Crippen molar-refractivity contribution in [3.8, 4) is 0 Å². The smallest absolute Gasteiger partial charge is 0.292 e. The van der Waals surface area contributed by atoms with Crippen LogP contribution in [0.25, 0.3) is 0 Å². The van der Waals surface area contributed by atoms with E-state index in [2.05, 4.69) is 40.0 Å². The fourth-order valence-electron chi connectivity index (χ4n) is 4.70. The Hall–Kier alpha value is -1.18. The molecular formula is C22H34BrN3O3. The molecule has 0 atom stereocenters. The summed E-state index contributed by atoms with van der Waals surface area (Å²) in [6.45, 7) is 9.39. The van der Waals surface area contributed by atoms with E-state index in [1.165, 1.54) is 12.8 Å². The topological polar surface area (TPSA) is 67.6 Å². The van der Waals surface area contributed by atoms with Crippen LogP contribution in [0.2, 0.25) is 0 Å². The third-order valence-electron chi connectivity index (χ3n) is 6.66. The highest BCUT2D eigenvalue weighted by molar-refractivity contribution is 9.10. The molecule has 1 saturated carbocycles. The second kappa shape index (κ2) is 9.75. The monoisotopic (exact) mass is 467 g/mol. The number of piperidine rings is 1. The van der Waals surface area contributed by atoms with Gasteiger partial charge < -0.3 is 10.1 Å². The summed E-state index contributed by atoms with van der Waals surface area (Å²) >= 11 is 3.50. The molecule has 162 valence electrons. The fraction of sp³-hybridized carbons (Fsp3) is 0.727. The number of aryl methyl sites for hydroxylation is 1. The highest BCUT2D eigenvalue weighted by atomic mass is 79.9. The van der Waals surface area contributed by atoms with E-state index in [1.54, 1.807) is 6.07 Å². The zero-order chi connectivity index (χ0) is 21.0. The number of nitrogens with one attached hydrogen (secondary N) is 1. The predicted octanol–water partition coefficient (Wildman–Crippen LogP) is 5.67. The van der Waals surface area contributed by atoms with Gasteiger partial charge in [0.2, 0.25) is 0 Å². The van der Waals surface area contributed by atoms with Crippen molar-refractivity contribution in [1.82, 2.24) is 4.90 Å². The fourth-order valence-corrected chi connectivity index (χ4v) is 5.04. The summed E-state index contributed by atoms with van der Waals surface area (Å²) in [5.41, 5.74) is 1.91. The molecule has 0 amide bonds. The number of hydrogen-bond acceptors (Lipinski definition) is 5. The van der Waals surface area contributed by atoms with Crippen LogP contribution in [0.15, 0.2) is 16.6 Å². The van der Waals surface area contributed by atoms with Gasteiger partial charge in [-0.25, -0.2) is 0 Å². The maximum absolute atomic E-state index is 11.5. The first kappa shape index (κ1) is 22.5. The van der Waals surface area contributed by atoms with E-state index >= 15 is 0 Å². The lowest BCUT2D eigenvalue weighted by Crippen LogP contribution is -2.53. The van der Waals surface area contributed by atoms with Crippen LogP contribution in [0.1, 0.15) is 64.4 Å². The Balaban J connectivity index is 1.55. The van der Waals surface area contributed by atoms with Crippen molar-refractivity contribution in [2.45, 2.75) is 83.4 Å². The molecule has 0 bridgehead atoms. The minimum atomic E-state index is -0.295. The van der Waals surface area contributed by atoms with Crippen molar-refractivity contribution < 1.29 is 9.66 Å². The van der Waals surface area contributed by atoms with Gasteiger partial charge in [-0.2, -0.15) is 0 Å². The van der Waals surface area contributed by atoms with E-state index < -0.39 is 0 Å². The molecule has 1 aromatic rings. The lowest BCUT2D eigenvalue weighted by atomic mass is 9.79. The van der Waals surface area contributed by atoms with Gasteiger partial charge in [0, 0.05) is 41.8 Å². The van der Waals surface area contributed by atoms with E-state index in [4.69, 9.17) is 4.74 Å². The van der Waals surface area contributed by atoms with Crippen molar-refractivity contribution in [1.29, 1.82) is 0 Å². The van der Waals surface area contributed by atoms with Gasteiger partial charge in [-0.05, 0) is 70.4 Å². The summed E-state index contributed by atoms with van der Waals surface area (Å²) in [6, 6.07) is 3.76. The van der Waals surface area contributed by atoms with E-state index in [9.17, 15) is 10.1 Å². The lowest BCUT2D eigenvalue weighted by Gasteiger charge is -2.48. The van der Waals surface area contributed by atoms with Crippen molar-refractivity contribution >= 4 is 27.3 Å². The second-order valence-electron chi connectivity index (χ2n) is 8.85. The first-order valence-corrected chi connectivity index (χ1v) is 11.7. The number of benzene rings is 1. The molecule has 0 spiro atoms. The molecule has 3 rings (SSSR count). The van der Waals surface area contributed by atoms with Crippen LogP contribution in [0.5, 0.6) is 0 Å². The van der Waals surface area contributed by atoms with E-state index in [0.29, 0.717) is 11.8 Å². The number of ether oxygens (including phenoxy) is 1. The Morgan fingerprint density at radius 2 is 1.93 bits per heavy atom. The van der Waals surface area contributed by atoms with Crippen LogP contribution in [0.3, 0.4) is 0 Å². The number of nitro benzene ring substituents is 1. The Morgan fingerprint density at radius 1 is 1.28 bits per heavy atom. The molecule has 1 aliphatic carbocycles. The van der Waals surface area contributed by atoms with Gasteiger partial charge in [-0.15, -0.1) is 0 Å². The third kappa shape index (κ3) is 5.50. The Kier molecular flexibility index (Phi) is 7.57. The quantitative estimate of drug-likeness (QED) is 0.413. The number of nitrogens with zero attached hydrogens (tertiary/aromatic N) is 2. The first-order valence-electron chi connectivity index (χ1n) is 10.9.